The van der Waals surface area contributed by atoms with Crippen LogP contribution in [0.5, 0.6) is 0 Å². The molecule has 0 aromatic heterocycles. The molecular formula is C14H18N2O2. The largest absolute Gasteiger partial charge is 0.354 e. The summed E-state index contributed by atoms with van der Waals surface area (Å²) in [6, 6.07) is 9.08. The van der Waals surface area contributed by atoms with Gasteiger partial charge in [0.25, 0.3) is 0 Å². The molecule has 0 saturated carbocycles. The first-order valence-electron chi connectivity index (χ1n) is 6.32. The number of hydrogen-bond acceptors (Lipinski definition) is 3. The van der Waals surface area contributed by atoms with E-state index in [4.69, 9.17) is 0 Å². The van der Waals surface area contributed by atoms with Crippen LogP contribution in [0.3, 0.4) is 0 Å². The topological polar surface area (TPSA) is 49.4 Å². The van der Waals surface area contributed by atoms with Gasteiger partial charge in [-0.25, -0.2) is 0 Å². The summed E-state index contributed by atoms with van der Waals surface area (Å²) >= 11 is 0. The Morgan fingerprint density at radius 2 is 2.11 bits per heavy atom. The summed E-state index contributed by atoms with van der Waals surface area (Å²) in [6.45, 7) is 3.66. The van der Waals surface area contributed by atoms with Crippen molar-refractivity contribution in [1.29, 1.82) is 0 Å². The standard InChI is InChI=1S/C14H18N2O2/c1-2-12(16-9-8-15-13(17)10-16)14(18)11-6-4-3-5-7-11/h3-7,12H,2,8-10H2,1H3,(H,15,17). The molecule has 1 aromatic rings. The normalized spacial score (nSPS) is 18.2. The van der Waals surface area contributed by atoms with Crippen molar-refractivity contribution in [3.63, 3.8) is 0 Å². The van der Waals surface area contributed by atoms with E-state index in [-0.39, 0.29) is 17.7 Å². The molecule has 1 saturated heterocycles. The smallest absolute Gasteiger partial charge is 0.234 e. The third-order valence-corrected chi connectivity index (χ3v) is 3.26. The summed E-state index contributed by atoms with van der Waals surface area (Å²) < 4.78 is 0. The van der Waals surface area contributed by atoms with Crippen molar-refractivity contribution in [2.45, 2.75) is 19.4 Å². The van der Waals surface area contributed by atoms with Gasteiger partial charge in [0.2, 0.25) is 5.91 Å². The Morgan fingerprint density at radius 1 is 1.39 bits per heavy atom. The van der Waals surface area contributed by atoms with Crippen LogP contribution in [-0.4, -0.2) is 42.3 Å². The van der Waals surface area contributed by atoms with E-state index in [2.05, 4.69) is 5.32 Å². The fourth-order valence-corrected chi connectivity index (χ4v) is 2.33. The van der Waals surface area contributed by atoms with Crippen LogP contribution >= 0.6 is 0 Å². The zero-order valence-electron chi connectivity index (χ0n) is 10.6. The summed E-state index contributed by atoms with van der Waals surface area (Å²) in [4.78, 5) is 25.8. The summed E-state index contributed by atoms with van der Waals surface area (Å²) in [6.07, 6.45) is 0.723. The van der Waals surface area contributed by atoms with E-state index in [1.807, 2.05) is 42.2 Å². The first-order valence-corrected chi connectivity index (χ1v) is 6.32. The molecule has 1 atom stereocenters. The second-order valence-corrected chi connectivity index (χ2v) is 4.47. The van der Waals surface area contributed by atoms with Crippen LogP contribution in [0.4, 0.5) is 0 Å². The number of nitrogens with zero attached hydrogens (tertiary/aromatic N) is 1. The van der Waals surface area contributed by atoms with Crippen LogP contribution in [0.2, 0.25) is 0 Å². The van der Waals surface area contributed by atoms with E-state index in [1.54, 1.807) is 0 Å². The maximum atomic E-state index is 12.4. The molecule has 1 unspecified atom stereocenters. The number of Topliss-reactive ketones (excluding diaryl/α,β-unsaturated/α-hetero) is 1. The number of benzene rings is 1. The summed E-state index contributed by atoms with van der Waals surface area (Å²) in [5, 5.41) is 2.78. The van der Waals surface area contributed by atoms with Gasteiger partial charge < -0.3 is 5.32 Å². The molecule has 0 aliphatic carbocycles. The number of hydrogen-bond donors (Lipinski definition) is 1. The molecule has 4 heteroatoms. The van der Waals surface area contributed by atoms with Gasteiger partial charge in [0, 0.05) is 18.7 Å². The van der Waals surface area contributed by atoms with Crippen molar-refractivity contribution >= 4 is 11.7 Å². The molecule has 4 nitrogen and oxygen atoms in total. The van der Waals surface area contributed by atoms with Gasteiger partial charge in [-0.05, 0) is 6.42 Å². The van der Waals surface area contributed by atoms with Crippen molar-refractivity contribution in [2.24, 2.45) is 0 Å². The number of rotatable bonds is 4. The first-order chi connectivity index (χ1) is 8.72. The lowest BCUT2D eigenvalue weighted by Crippen LogP contribution is -2.53. The van der Waals surface area contributed by atoms with Crippen molar-refractivity contribution < 1.29 is 9.59 Å². The minimum Gasteiger partial charge on any atom is -0.354 e. The molecule has 1 aliphatic heterocycles. The SMILES string of the molecule is CCC(C(=O)c1ccccc1)N1CCNC(=O)C1. The maximum absolute atomic E-state index is 12.4. The van der Waals surface area contributed by atoms with Crippen molar-refractivity contribution in [1.82, 2.24) is 10.2 Å². The fraction of sp³-hybridized carbons (Fsp3) is 0.429. The minimum atomic E-state index is -0.196. The third-order valence-electron chi connectivity index (χ3n) is 3.26. The predicted molar refractivity (Wildman–Crippen MR) is 69.4 cm³/mol. The molecule has 0 bridgehead atoms. The zero-order valence-corrected chi connectivity index (χ0v) is 10.6. The van der Waals surface area contributed by atoms with Gasteiger partial charge in [-0.3, -0.25) is 14.5 Å². The summed E-state index contributed by atoms with van der Waals surface area (Å²) in [7, 11) is 0. The zero-order chi connectivity index (χ0) is 13.0. The van der Waals surface area contributed by atoms with Crippen LogP contribution < -0.4 is 5.32 Å². The van der Waals surface area contributed by atoms with E-state index in [0.29, 0.717) is 13.1 Å². The number of piperazine rings is 1. The number of amides is 1. The number of nitrogens with one attached hydrogen (secondary N) is 1. The highest BCUT2D eigenvalue weighted by molar-refractivity contribution is 6.00. The monoisotopic (exact) mass is 246 g/mol. The van der Waals surface area contributed by atoms with Gasteiger partial charge in [-0.1, -0.05) is 37.3 Å². The fourth-order valence-electron chi connectivity index (χ4n) is 2.33. The lowest BCUT2D eigenvalue weighted by molar-refractivity contribution is -0.124. The first kappa shape index (κ1) is 12.8. The average molecular weight is 246 g/mol. The lowest BCUT2D eigenvalue weighted by Gasteiger charge is -2.32. The molecule has 2 rings (SSSR count). The molecule has 1 fully saturated rings. The quantitative estimate of drug-likeness (QED) is 0.809. The highest BCUT2D eigenvalue weighted by Crippen LogP contribution is 2.13. The van der Waals surface area contributed by atoms with Gasteiger partial charge in [0.1, 0.15) is 0 Å². The van der Waals surface area contributed by atoms with Gasteiger partial charge in [-0.2, -0.15) is 0 Å². The molecule has 1 aliphatic rings. The second kappa shape index (κ2) is 5.78. The van der Waals surface area contributed by atoms with Crippen LogP contribution in [-0.2, 0) is 4.79 Å². The van der Waals surface area contributed by atoms with Crippen molar-refractivity contribution in [2.75, 3.05) is 19.6 Å². The van der Waals surface area contributed by atoms with Crippen molar-refractivity contribution in [3.8, 4) is 0 Å². The van der Waals surface area contributed by atoms with Crippen LogP contribution in [0.15, 0.2) is 30.3 Å². The maximum Gasteiger partial charge on any atom is 0.234 e. The van der Waals surface area contributed by atoms with Gasteiger partial charge >= 0.3 is 0 Å². The summed E-state index contributed by atoms with van der Waals surface area (Å²) in [5.74, 6) is 0.105. The second-order valence-electron chi connectivity index (χ2n) is 4.47. The highest BCUT2D eigenvalue weighted by Gasteiger charge is 2.28. The predicted octanol–water partition coefficient (Wildman–Crippen LogP) is 1.08. The Morgan fingerprint density at radius 3 is 2.72 bits per heavy atom. The highest BCUT2D eigenvalue weighted by atomic mass is 16.2. The number of carbonyl (C=O) groups is 2. The van der Waals surface area contributed by atoms with E-state index in [0.717, 1.165) is 18.5 Å². The van der Waals surface area contributed by atoms with Gasteiger partial charge in [0.05, 0.1) is 12.6 Å². The minimum absolute atomic E-state index is 0.000520. The molecule has 0 radical (unpaired) electrons. The van der Waals surface area contributed by atoms with Crippen LogP contribution in [0.1, 0.15) is 23.7 Å². The molecule has 18 heavy (non-hydrogen) atoms. The molecular weight excluding hydrogens is 228 g/mol. The molecule has 0 spiro atoms. The number of carbonyl (C=O) groups excluding carboxylic acids is 2. The van der Waals surface area contributed by atoms with Crippen LogP contribution in [0.25, 0.3) is 0 Å². The summed E-state index contributed by atoms with van der Waals surface area (Å²) in [5.41, 5.74) is 0.718. The Labute approximate surface area is 107 Å². The van der Waals surface area contributed by atoms with E-state index in [9.17, 15) is 9.59 Å². The van der Waals surface area contributed by atoms with E-state index in [1.165, 1.54) is 0 Å². The Bertz CT molecular complexity index is 431. The molecule has 1 aromatic carbocycles. The van der Waals surface area contributed by atoms with E-state index >= 15 is 0 Å². The number of ketones is 1. The Kier molecular flexibility index (Phi) is 4.10. The van der Waals surface area contributed by atoms with Crippen molar-refractivity contribution in [3.05, 3.63) is 35.9 Å². The van der Waals surface area contributed by atoms with Gasteiger partial charge in [-0.15, -0.1) is 0 Å². The third kappa shape index (κ3) is 2.76. The molecule has 1 N–H and O–H groups in total. The Hall–Kier alpha value is -1.68. The molecule has 1 heterocycles. The molecule has 1 amide bonds. The van der Waals surface area contributed by atoms with E-state index < -0.39 is 0 Å². The average Bonchev–Trinajstić information content (AvgIpc) is 2.40. The van der Waals surface area contributed by atoms with Gasteiger partial charge in [0.15, 0.2) is 5.78 Å². The van der Waals surface area contributed by atoms with Crippen LogP contribution in [0, 0.1) is 0 Å². The Balaban J connectivity index is 2.13. The molecule has 96 valence electrons. The lowest BCUT2D eigenvalue weighted by atomic mass is 10.00.